The van der Waals surface area contributed by atoms with Crippen LogP contribution in [0.1, 0.15) is 26.7 Å². The van der Waals surface area contributed by atoms with Crippen molar-refractivity contribution in [1.29, 1.82) is 0 Å². The molecule has 0 heterocycles. The van der Waals surface area contributed by atoms with Gasteiger partial charge in [-0.1, -0.05) is 6.92 Å². The van der Waals surface area contributed by atoms with Crippen molar-refractivity contribution in [2.24, 2.45) is 5.92 Å². The zero-order valence-electron chi connectivity index (χ0n) is 8.91. The van der Waals surface area contributed by atoms with Gasteiger partial charge < -0.3 is 5.32 Å². The number of hydrogen-bond acceptors (Lipinski definition) is 3. The first-order valence-electron chi connectivity index (χ1n) is 5.25. The molecule has 1 rings (SSSR count). The average molecular weight is 220 g/mol. The lowest BCUT2D eigenvalue weighted by Gasteiger charge is -2.13. The predicted molar refractivity (Wildman–Crippen MR) is 57.7 cm³/mol. The van der Waals surface area contributed by atoms with Crippen LogP contribution in [0.2, 0.25) is 0 Å². The molecule has 14 heavy (non-hydrogen) atoms. The van der Waals surface area contributed by atoms with Crippen molar-refractivity contribution in [2.75, 3.05) is 19.6 Å². The molecule has 5 heteroatoms. The summed E-state index contributed by atoms with van der Waals surface area (Å²) in [5, 5.41) is 2.69. The molecular weight excluding hydrogens is 200 g/mol. The highest BCUT2D eigenvalue weighted by Crippen LogP contribution is 2.27. The van der Waals surface area contributed by atoms with Gasteiger partial charge in [0.05, 0.1) is 5.25 Å². The smallest absolute Gasteiger partial charge is 0.215 e. The van der Waals surface area contributed by atoms with E-state index in [4.69, 9.17) is 0 Å². The highest BCUT2D eigenvalue weighted by atomic mass is 32.2. The summed E-state index contributed by atoms with van der Waals surface area (Å²) < 4.78 is 25.9. The van der Waals surface area contributed by atoms with Gasteiger partial charge in [0.25, 0.3) is 0 Å². The quantitative estimate of drug-likeness (QED) is 0.649. The Balaban J connectivity index is 2.29. The Kier molecular flexibility index (Phi) is 4.34. The molecule has 1 aliphatic carbocycles. The second kappa shape index (κ2) is 5.09. The van der Waals surface area contributed by atoms with Crippen LogP contribution in [0.3, 0.4) is 0 Å². The average Bonchev–Trinajstić information content (AvgIpc) is 2.94. The summed E-state index contributed by atoms with van der Waals surface area (Å²) in [6.07, 6.45) is 2.34. The van der Waals surface area contributed by atoms with Crippen molar-refractivity contribution in [2.45, 2.75) is 31.9 Å². The fraction of sp³-hybridized carbons (Fsp3) is 1.00. The Morgan fingerprint density at radius 3 is 2.57 bits per heavy atom. The molecule has 4 nitrogen and oxygen atoms in total. The molecule has 0 radical (unpaired) electrons. The highest BCUT2D eigenvalue weighted by molar-refractivity contribution is 7.90. The SMILES string of the molecule is CCNCC(C)S(=O)(=O)NCC1CC1. The van der Waals surface area contributed by atoms with Gasteiger partial charge in [-0.25, -0.2) is 13.1 Å². The van der Waals surface area contributed by atoms with Crippen molar-refractivity contribution in [3.63, 3.8) is 0 Å². The fourth-order valence-corrected chi connectivity index (χ4v) is 2.25. The van der Waals surface area contributed by atoms with E-state index in [1.165, 1.54) is 12.8 Å². The Bertz CT molecular complexity index is 260. The van der Waals surface area contributed by atoms with Crippen LogP contribution in [0.5, 0.6) is 0 Å². The molecule has 0 aromatic rings. The Morgan fingerprint density at radius 2 is 2.07 bits per heavy atom. The largest absolute Gasteiger partial charge is 0.316 e. The molecule has 84 valence electrons. The summed E-state index contributed by atoms with van der Waals surface area (Å²) >= 11 is 0. The van der Waals surface area contributed by atoms with Gasteiger partial charge in [-0.15, -0.1) is 0 Å². The summed E-state index contributed by atoms with van der Waals surface area (Å²) in [7, 11) is -3.10. The highest BCUT2D eigenvalue weighted by Gasteiger charge is 2.26. The topological polar surface area (TPSA) is 58.2 Å². The molecule has 0 aliphatic heterocycles. The normalized spacial score (nSPS) is 19.6. The van der Waals surface area contributed by atoms with Gasteiger partial charge in [0.15, 0.2) is 0 Å². The zero-order valence-corrected chi connectivity index (χ0v) is 9.73. The number of nitrogens with one attached hydrogen (secondary N) is 2. The van der Waals surface area contributed by atoms with Gasteiger partial charge in [0.1, 0.15) is 0 Å². The molecule has 0 aromatic carbocycles. The standard InChI is InChI=1S/C9H20N2O2S/c1-3-10-6-8(2)14(12,13)11-7-9-4-5-9/h8-11H,3-7H2,1-2H3. The molecule has 1 aliphatic rings. The Labute approximate surface area is 86.5 Å². The first-order valence-corrected chi connectivity index (χ1v) is 6.80. The Morgan fingerprint density at radius 1 is 1.43 bits per heavy atom. The summed E-state index contributed by atoms with van der Waals surface area (Å²) in [4.78, 5) is 0. The molecule has 1 unspecified atom stereocenters. The van der Waals surface area contributed by atoms with Gasteiger partial charge in [-0.3, -0.25) is 0 Å². The van der Waals surface area contributed by atoms with E-state index in [-0.39, 0.29) is 5.25 Å². The molecule has 1 atom stereocenters. The van der Waals surface area contributed by atoms with E-state index in [0.29, 0.717) is 19.0 Å². The van der Waals surface area contributed by atoms with Crippen LogP contribution in [0.4, 0.5) is 0 Å². The summed E-state index contributed by atoms with van der Waals surface area (Å²) in [6.45, 7) is 5.66. The second-order valence-corrected chi connectivity index (χ2v) is 6.14. The first kappa shape index (κ1) is 11.9. The molecule has 0 bridgehead atoms. The van der Waals surface area contributed by atoms with Crippen LogP contribution < -0.4 is 10.0 Å². The molecule has 1 fully saturated rings. The van der Waals surface area contributed by atoms with Crippen molar-refractivity contribution in [1.82, 2.24) is 10.0 Å². The van der Waals surface area contributed by atoms with Crippen molar-refractivity contribution in [3.8, 4) is 0 Å². The van der Waals surface area contributed by atoms with E-state index in [0.717, 1.165) is 6.54 Å². The number of hydrogen-bond donors (Lipinski definition) is 2. The number of rotatable bonds is 7. The second-order valence-electron chi connectivity index (χ2n) is 3.96. The van der Waals surface area contributed by atoms with E-state index in [1.54, 1.807) is 6.92 Å². The molecule has 1 saturated carbocycles. The van der Waals surface area contributed by atoms with E-state index in [1.807, 2.05) is 6.92 Å². The van der Waals surface area contributed by atoms with Crippen LogP contribution >= 0.6 is 0 Å². The van der Waals surface area contributed by atoms with E-state index in [2.05, 4.69) is 10.0 Å². The van der Waals surface area contributed by atoms with E-state index in [9.17, 15) is 8.42 Å². The minimum Gasteiger partial charge on any atom is -0.316 e. The monoisotopic (exact) mass is 220 g/mol. The maximum Gasteiger partial charge on any atom is 0.215 e. The van der Waals surface area contributed by atoms with E-state index >= 15 is 0 Å². The lowest BCUT2D eigenvalue weighted by Crippen LogP contribution is -2.39. The van der Waals surface area contributed by atoms with Gasteiger partial charge in [-0.05, 0) is 32.2 Å². The Hall–Kier alpha value is -0.130. The summed E-state index contributed by atoms with van der Waals surface area (Å²) in [5.41, 5.74) is 0. The summed E-state index contributed by atoms with van der Waals surface area (Å²) in [6, 6.07) is 0. The zero-order chi connectivity index (χ0) is 10.6. The summed E-state index contributed by atoms with van der Waals surface area (Å²) in [5.74, 6) is 0.594. The molecule has 0 aromatic heterocycles. The van der Waals surface area contributed by atoms with Gasteiger partial charge >= 0.3 is 0 Å². The maximum atomic E-state index is 11.6. The third-order valence-electron chi connectivity index (χ3n) is 2.48. The first-order chi connectivity index (χ1) is 6.56. The van der Waals surface area contributed by atoms with Gasteiger partial charge in [0, 0.05) is 13.1 Å². The van der Waals surface area contributed by atoms with Crippen molar-refractivity contribution >= 4 is 10.0 Å². The lowest BCUT2D eigenvalue weighted by molar-refractivity contribution is 0.556. The molecule has 2 N–H and O–H groups in total. The molecule has 0 amide bonds. The lowest BCUT2D eigenvalue weighted by atomic mass is 10.4. The van der Waals surface area contributed by atoms with Gasteiger partial charge in [0.2, 0.25) is 10.0 Å². The number of sulfonamides is 1. The third kappa shape index (κ3) is 3.94. The minimum atomic E-state index is -3.10. The molecular formula is C9H20N2O2S. The fourth-order valence-electron chi connectivity index (χ4n) is 1.16. The minimum absolute atomic E-state index is 0.346. The molecule has 0 saturated heterocycles. The van der Waals surface area contributed by atoms with Crippen LogP contribution in [-0.2, 0) is 10.0 Å². The van der Waals surface area contributed by atoms with Crippen LogP contribution in [0.15, 0.2) is 0 Å². The third-order valence-corrected chi connectivity index (χ3v) is 4.28. The molecule has 0 spiro atoms. The maximum absolute atomic E-state index is 11.6. The van der Waals surface area contributed by atoms with Crippen molar-refractivity contribution in [3.05, 3.63) is 0 Å². The van der Waals surface area contributed by atoms with E-state index < -0.39 is 10.0 Å². The predicted octanol–water partition coefficient (Wildman–Crippen LogP) is 0.314. The van der Waals surface area contributed by atoms with Gasteiger partial charge in [-0.2, -0.15) is 0 Å². The van der Waals surface area contributed by atoms with Crippen LogP contribution in [-0.4, -0.2) is 33.3 Å². The van der Waals surface area contributed by atoms with Crippen molar-refractivity contribution < 1.29 is 8.42 Å². The van der Waals surface area contributed by atoms with Crippen LogP contribution in [0.25, 0.3) is 0 Å². The van der Waals surface area contributed by atoms with Crippen LogP contribution in [0, 0.1) is 5.92 Å².